The maximum atomic E-state index is 11.1. The summed E-state index contributed by atoms with van der Waals surface area (Å²) in [6.45, 7) is 2.11. The lowest BCUT2D eigenvalue weighted by atomic mass is 10.1. The second-order valence-corrected chi connectivity index (χ2v) is 3.47. The lowest BCUT2D eigenvalue weighted by Gasteiger charge is -2.07. The molecular formula is C10H19NO4. The van der Waals surface area contributed by atoms with Gasteiger partial charge in [0.1, 0.15) is 0 Å². The third-order valence-electron chi connectivity index (χ3n) is 2.04. The fourth-order valence-electron chi connectivity index (χ4n) is 1.18. The summed E-state index contributed by atoms with van der Waals surface area (Å²) in [4.78, 5) is 21.2. The molecule has 5 nitrogen and oxygen atoms in total. The Morgan fingerprint density at radius 2 is 1.80 bits per heavy atom. The van der Waals surface area contributed by atoms with Crippen molar-refractivity contribution < 1.29 is 19.8 Å². The summed E-state index contributed by atoms with van der Waals surface area (Å²) >= 11 is 0. The molecular weight excluding hydrogens is 198 g/mol. The monoisotopic (exact) mass is 217 g/mol. The number of carbonyl (C=O) groups is 2. The van der Waals surface area contributed by atoms with Gasteiger partial charge in [-0.1, -0.05) is 32.6 Å². The van der Waals surface area contributed by atoms with Gasteiger partial charge in [0.2, 0.25) is 12.1 Å². The Morgan fingerprint density at radius 3 is 2.33 bits per heavy atom. The number of rotatable bonds is 8. The fourth-order valence-corrected chi connectivity index (χ4v) is 1.18. The second kappa shape index (κ2) is 8.23. The van der Waals surface area contributed by atoms with E-state index in [2.05, 4.69) is 6.92 Å². The SMILES string of the molecule is CCCCCCCC(=O)N[C@@H](O)C(=O)O. The van der Waals surface area contributed by atoms with Crippen LogP contribution in [0.5, 0.6) is 0 Å². The quantitative estimate of drug-likeness (QED) is 0.416. The summed E-state index contributed by atoms with van der Waals surface area (Å²) in [6.07, 6.45) is 3.57. The molecule has 1 amide bonds. The highest BCUT2D eigenvalue weighted by Crippen LogP contribution is 2.04. The van der Waals surface area contributed by atoms with Crippen molar-refractivity contribution in [3.63, 3.8) is 0 Å². The van der Waals surface area contributed by atoms with Gasteiger partial charge < -0.3 is 15.5 Å². The van der Waals surface area contributed by atoms with Crippen molar-refractivity contribution in [3.8, 4) is 0 Å². The summed E-state index contributed by atoms with van der Waals surface area (Å²) < 4.78 is 0. The molecule has 88 valence electrons. The molecule has 0 saturated carbocycles. The number of aliphatic hydroxyl groups excluding tert-OH is 1. The molecule has 0 aromatic carbocycles. The van der Waals surface area contributed by atoms with Crippen LogP contribution < -0.4 is 5.32 Å². The molecule has 15 heavy (non-hydrogen) atoms. The van der Waals surface area contributed by atoms with Crippen molar-refractivity contribution in [3.05, 3.63) is 0 Å². The summed E-state index contributed by atoms with van der Waals surface area (Å²) in [7, 11) is 0. The van der Waals surface area contributed by atoms with Crippen LogP contribution >= 0.6 is 0 Å². The van der Waals surface area contributed by atoms with E-state index in [-0.39, 0.29) is 6.42 Å². The topological polar surface area (TPSA) is 86.6 Å². The van der Waals surface area contributed by atoms with Crippen LogP contribution in [-0.4, -0.2) is 28.3 Å². The van der Waals surface area contributed by atoms with Crippen molar-refractivity contribution in [1.82, 2.24) is 5.32 Å². The first-order chi connectivity index (χ1) is 7.07. The molecule has 0 unspecified atom stereocenters. The number of unbranched alkanes of at least 4 members (excludes halogenated alkanes) is 4. The van der Waals surface area contributed by atoms with Crippen molar-refractivity contribution in [2.45, 2.75) is 51.7 Å². The first-order valence-electron chi connectivity index (χ1n) is 5.28. The maximum Gasteiger partial charge on any atom is 0.353 e. The maximum absolute atomic E-state index is 11.1. The molecule has 0 radical (unpaired) electrons. The van der Waals surface area contributed by atoms with Crippen LogP contribution in [0.2, 0.25) is 0 Å². The molecule has 3 N–H and O–H groups in total. The Hall–Kier alpha value is -1.10. The zero-order chi connectivity index (χ0) is 11.7. The van der Waals surface area contributed by atoms with E-state index in [1.165, 1.54) is 0 Å². The first-order valence-corrected chi connectivity index (χ1v) is 5.28. The van der Waals surface area contributed by atoms with Crippen LogP contribution in [0.3, 0.4) is 0 Å². The molecule has 0 saturated heterocycles. The van der Waals surface area contributed by atoms with Crippen molar-refractivity contribution in [2.75, 3.05) is 0 Å². The summed E-state index contributed by atoms with van der Waals surface area (Å²) in [5.41, 5.74) is 0. The first kappa shape index (κ1) is 13.9. The van der Waals surface area contributed by atoms with Crippen molar-refractivity contribution in [2.24, 2.45) is 0 Å². The highest BCUT2D eigenvalue weighted by atomic mass is 16.4. The molecule has 0 spiro atoms. The van der Waals surface area contributed by atoms with E-state index >= 15 is 0 Å². The normalized spacial score (nSPS) is 12.1. The van der Waals surface area contributed by atoms with Crippen LogP contribution in [0.4, 0.5) is 0 Å². The van der Waals surface area contributed by atoms with Crippen molar-refractivity contribution in [1.29, 1.82) is 0 Å². The molecule has 0 heterocycles. The smallest absolute Gasteiger partial charge is 0.353 e. The zero-order valence-corrected chi connectivity index (χ0v) is 9.03. The average Bonchev–Trinajstić information content (AvgIpc) is 2.17. The number of hydrogen-bond donors (Lipinski definition) is 3. The van der Waals surface area contributed by atoms with Gasteiger partial charge in [-0.3, -0.25) is 4.79 Å². The Bertz CT molecular complexity index is 206. The van der Waals surface area contributed by atoms with Crippen LogP contribution in [-0.2, 0) is 9.59 Å². The van der Waals surface area contributed by atoms with E-state index in [1.54, 1.807) is 0 Å². The predicted molar refractivity (Wildman–Crippen MR) is 55.2 cm³/mol. The Labute approximate surface area is 89.5 Å². The predicted octanol–water partition coefficient (Wildman–Crippen LogP) is 0.866. The van der Waals surface area contributed by atoms with Crippen LogP contribution in [0.15, 0.2) is 0 Å². The second-order valence-electron chi connectivity index (χ2n) is 3.47. The van der Waals surface area contributed by atoms with Crippen molar-refractivity contribution >= 4 is 11.9 Å². The lowest BCUT2D eigenvalue weighted by Crippen LogP contribution is -2.40. The van der Waals surface area contributed by atoms with Crippen LogP contribution in [0.25, 0.3) is 0 Å². The number of amides is 1. The molecule has 0 bridgehead atoms. The minimum absolute atomic E-state index is 0.272. The number of carboxylic acid groups (broad SMARTS) is 1. The van der Waals surface area contributed by atoms with E-state index in [0.717, 1.165) is 32.1 Å². The van der Waals surface area contributed by atoms with Gasteiger partial charge in [0, 0.05) is 6.42 Å². The number of nitrogens with one attached hydrogen (secondary N) is 1. The molecule has 0 aliphatic rings. The van der Waals surface area contributed by atoms with E-state index in [0.29, 0.717) is 0 Å². The number of hydrogen-bond acceptors (Lipinski definition) is 3. The summed E-state index contributed by atoms with van der Waals surface area (Å²) in [6, 6.07) is 0. The molecule has 0 aromatic heterocycles. The highest BCUT2D eigenvalue weighted by molar-refractivity contribution is 5.82. The van der Waals surface area contributed by atoms with Gasteiger partial charge in [-0.15, -0.1) is 0 Å². The number of carbonyl (C=O) groups excluding carboxylic acids is 1. The molecule has 0 aliphatic carbocycles. The van der Waals surface area contributed by atoms with Gasteiger partial charge in [-0.25, -0.2) is 4.79 Å². The highest BCUT2D eigenvalue weighted by Gasteiger charge is 2.14. The van der Waals surface area contributed by atoms with E-state index in [1.807, 2.05) is 5.32 Å². The third-order valence-corrected chi connectivity index (χ3v) is 2.04. The standard InChI is InChI=1S/C10H19NO4/c1-2-3-4-5-6-7-8(12)11-9(13)10(14)15/h9,13H,2-7H2,1H3,(H,11,12)(H,14,15)/t9-/m0/s1. The molecule has 0 rings (SSSR count). The minimum Gasteiger partial charge on any atom is -0.478 e. The van der Waals surface area contributed by atoms with Gasteiger partial charge in [0.15, 0.2) is 0 Å². The van der Waals surface area contributed by atoms with Crippen LogP contribution in [0, 0.1) is 0 Å². The largest absolute Gasteiger partial charge is 0.478 e. The van der Waals surface area contributed by atoms with Gasteiger partial charge in [-0.2, -0.15) is 0 Å². The number of aliphatic carboxylic acids is 1. The fraction of sp³-hybridized carbons (Fsp3) is 0.800. The van der Waals surface area contributed by atoms with Gasteiger partial charge in [0.25, 0.3) is 0 Å². The molecule has 5 heteroatoms. The van der Waals surface area contributed by atoms with E-state index in [4.69, 9.17) is 10.2 Å². The van der Waals surface area contributed by atoms with Gasteiger partial charge in [0.05, 0.1) is 0 Å². The van der Waals surface area contributed by atoms with Crippen LogP contribution in [0.1, 0.15) is 45.4 Å². The number of aliphatic hydroxyl groups is 1. The Kier molecular flexibility index (Phi) is 7.62. The molecule has 0 fully saturated rings. The lowest BCUT2D eigenvalue weighted by molar-refractivity contribution is -0.151. The number of carboxylic acids is 1. The Morgan fingerprint density at radius 1 is 1.20 bits per heavy atom. The third kappa shape index (κ3) is 7.93. The zero-order valence-electron chi connectivity index (χ0n) is 9.03. The molecule has 0 aromatic rings. The minimum atomic E-state index is -1.78. The molecule has 1 atom stereocenters. The van der Waals surface area contributed by atoms with Gasteiger partial charge >= 0.3 is 5.97 Å². The Balaban J connectivity index is 3.45. The summed E-state index contributed by atoms with van der Waals surface area (Å²) in [5.74, 6) is -1.85. The van der Waals surface area contributed by atoms with Gasteiger partial charge in [-0.05, 0) is 6.42 Å². The average molecular weight is 217 g/mol. The summed E-state index contributed by atoms with van der Waals surface area (Å²) in [5, 5.41) is 19.1. The van der Waals surface area contributed by atoms with E-state index in [9.17, 15) is 9.59 Å². The van der Waals surface area contributed by atoms with E-state index < -0.39 is 18.1 Å². The molecule has 0 aliphatic heterocycles.